The maximum absolute atomic E-state index is 14.6. The summed E-state index contributed by atoms with van der Waals surface area (Å²) in [5.74, 6) is -3.82. The molecule has 43 heavy (non-hydrogen) atoms. The molecule has 6 atom stereocenters. The third-order valence-electron chi connectivity index (χ3n) is 10.9. The molecule has 7 nitrogen and oxygen atoms in total. The number of carbonyl (C=O) groups is 4. The number of halogens is 1. The van der Waals surface area contributed by atoms with Crippen LogP contribution in [0.3, 0.4) is 0 Å². The molecule has 0 N–H and O–H groups in total. The fourth-order valence-corrected chi connectivity index (χ4v) is 9.46. The van der Waals surface area contributed by atoms with Crippen molar-refractivity contribution in [2.75, 3.05) is 4.90 Å². The topological polar surface area (TPSA) is 87.1 Å². The van der Waals surface area contributed by atoms with Crippen LogP contribution < -0.4 is 4.90 Å². The number of hydrogen-bond acceptors (Lipinski definition) is 5. The number of imide groups is 2. The van der Waals surface area contributed by atoms with E-state index in [4.69, 9.17) is 16.7 Å². The minimum absolute atomic E-state index is 0.0407. The van der Waals surface area contributed by atoms with Crippen LogP contribution in [0.1, 0.15) is 41.0 Å². The van der Waals surface area contributed by atoms with Crippen molar-refractivity contribution in [2.45, 2.75) is 24.2 Å². The summed E-state index contributed by atoms with van der Waals surface area (Å²) in [7, 11) is 0. The first kappa shape index (κ1) is 25.2. The first-order chi connectivity index (χ1) is 20.9. The second-order valence-corrected chi connectivity index (χ2v) is 13.0. The first-order valence-electron chi connectivity index (χ1n) is 14.9. The van der Waals surface area contributed by atoms with Crippen LogP contribution in [0.2, 0.25) is 5.02 Å². The second-order valence-electron chi connectivity index (χ2n) is 12.6. The summed E-state index contributed by atoms with van der Waals surface area (Å²) in [5.41, 5.74) is 2.80. The van der Waals surface area contributed by atoms with Gasteiger partial charge in [-0.1, -0.05) is 84.4 Å². The lowest BCUT2D eigenvalue weighted by Crippen LogP contribution is -2.55. The Balaban J connectivity index is 1.25. The van der Waals surface area contributed by atoms with Crippen LogP contribution >= 0.6 is 11.6 Å². The molecule has 4 amide bonds. The number of rotatable bonds is 3. The van der Waals surface area contributed by atoms with Gasteiger partial charge in [-0.2, -0.15) is 10.1 Å². The Hall–Kier alpha value is -4.36. The van der Waals surface area contributed by atoms with Gasteiger partial charge in [0.2, 0.25) is 11.8 Å². The molecule has 212 valence electrons. The quantitative estimate of drug-likeness (QED) is 0.243. The standard InChI is InChI=1S/C35H26ClN3O4/c36-24-11-5-6-12-25(24)38-31(40)29-28-20-7-1-3-9-22(20)35(30(29)34(38)43,23-10-4-2-8-21(23)28)17-37-39-32(41)26-18-13-14-19(16-15-18)27(26)33(39)42/h1-14,17-19,26-30H,15-16H2/b37-17-/t18-,19-,26-,27+,28?,29-,30-,35?/m0/s1. The van der Waals surface area contributed by atoms with Crippen molar-refractivity contribution >= 4 is 47.1 Å². The van der Waals surface area contributed by atoms with Gasteiger partial charge in [-0.25, -0.2) is 4.90 Å². The van der Waals surface area contributed by atoms with Crippen molar-refractivity contribution in [3.63, 3.8) is 0 Å². The molecule has 3 aromatic rings. The smallest absolute Gasteiger partial charge is 0.254 e. The highest BCUT2D eigenvalue weighted by atomic mass is 35.5. The fourth-order valence-electron chi connectivity index (χ4n) is 9.24. The summed E-state index contributed by atoms with van der Waals surface area (Å²) in [6.07, 6.45) is 7.57. The van der Waals surface area contributed by atoms with E-state index in [0.29, 0.717) is 10.7 Å². The minimum Gasteiger partial charge on any atom is -0.274 e. The molecular formula is C35H26ClN3O4. The Bertz CT molecular complexity index is 1790. The first-order valence-corrected chi connectivity index (χ1v) is 15.2. The van der Waals surface area contributed by atoms with Crippen molar-refractivity contribution in [1.29, 1.82) is 0 Å². The van der Waals surface area contributed by atoms with E-state index < -0.39 is 29.1 Å². The molecule has 0 aromatic heterocycles. The summed E-state index contributed by atoms with van der Waals surface area (Å²) in [5, 5.41) is 6.07. The van der Waals surface area contributed by atoms with Gasteiger partial charge < -0.3 is 0 Å². The average Bonchev–Trinajstić information content (AvgIpc) is 3.47. The van der Waals surface area contributed by atoms with Crippen LogP contribution in [0.5, 0.6) is 0 Å². The predicted molar refractivity (Wildman–Crippen MR) is 159 cm³/mol. The maximum Gasteiger partial charge on any atom is 0.254 e. The molecule has 0 radical (unpaired) electrons. The molecule has 6 aliphatic carbocycles. The van der Waals surface area contributed by atoms with E-state index in [9.17, 15) is 19.2 Å². The molecule has 1 saturated carbocycles. The Morgan fingerprint density at radius 2 is 1.26 bits per heavy atom. The zero-order valence-corrected chi connectivity index (χ0v) is 23.7. The molecule has 3 aromatic carbocycles. The van der Waals surface area contributed by atoms with Crippen molar-refractivity contribution in [3.05, 3.63) is 112 Å². The Morgan fingerprint density at radius 1 is 0.698 bits per heavy atom. The lowest BCUT2D eigenvalue weighted by atomic mass is 9.47. The number of allylic oxidation sites excluding steroid dienone is 2. The third kappa shape index (κ3) is 2.98. The van der Waals surface area contributed by atoms with Gasteiger partial charge in [0, 0.05) is 12.1 Å². The van der Waals surface area contributed by atoms with Gasteiger partial charge >= 0.3 is 0 Å². The number of hydrazone groups is 1. The predicted octanol–water partition coefficient (Wildman–Crippen LogP) is 5.07. The summed E-state index contributed by atoms with van der Waals surface area (Å²) in [4.78, 5) is 57.6. The Kier molecular flexibility index (Phi) is 5.04. The zero-order chi connectivity index (χ0) is 29.2. The van der Waals surface area contributed by atoms with Crippen molar-refractivity contribution in [2.24, 2.45) is 40.6 Å². The van der Waals surface area contributed by atoms with E-state index in [0.717, 1.165) is 40.1 Å². The zero-order valence-electron chi connectivity index (χ0n) is 23.0. The highest BCUT2D eigenvalue weighted by Crippen LogP contribution is 2.64. The highest BCUT2D eigenvalue weighted by molar-refractivity contribution is 6.36. The lowest BCUT2D eigenvalue weighted by Gasteiger charge is -2.52. The molecule has 2 aliphatic heterocycles. The number of anilines is 1. The molecule has 2 saturated heterocycles. The number of nitrogens with zero attached hydrogens (tertiary/aromatic N) is 3. The molecule has 8 aliphatic rings. The molecule has 0 spiro atoms. The van der Waals surface area contributed by atoms with E-state index in [2.05, 4.69) is 12.2 Å². The molecule has 4 bridgehead atoms. The number of fused-ring (bicyclic) bond motifs is 1. The number of benzene rings is 3. The monoisotopic (exact) mass is 587 g/mol. The van der Waals surface area contributed by atoms with E-state index in [1.165, 1.54) is 4.90 Å². The van der Waals surface area contributed by atoms with Crippen LogP contribution in [0.15, 0.2) is 90.0 Å². The number of amides is 4. The van der Waals surface area contributed by atoms with Crippen LogP contribution in [-0.2, 0) is 24.6 Å². The number of carbonyl (C=O) groups excluding carboxylic acids is 4. The summed E-state index contributed by atoms with van der Waals surface area (Å²) >= 11 is 6.54. The maximum atomic E-state index is 14.6. The van der Waals surface area contributed by atoms with Gasteiger partial charge in [0.25, 0.3) is 11.8 Å². The summed E-state index contributed by atoms with van der Waals surface area (Å²) < 4.78 is 0. The average molecular weight is 588 g/mol. The Labute approximate surface area is 252 Å². The third-order valence-corrected chi connectivity index (χ3v) is 11.2. The molecule has 8 heteroatoms. The SMILES string of the molecule is O=C1[C@@H]2[C@H](C(=O)N1/N=C\C13c4ccccc4C(c4ccccc41)[C@@H]1C(=O)N(c4ccccc4Cl)C(=O)[C@H]13)[C@H]1C=C[C@H]2CC1. The van der Waals surface area contributed by atoms with E-state index in [1.54, 1.807) is 30.5 Å². The van der Waals surface area contributed by atoms with Crippen molar-refractivity contribution in [3.8, 4) is 0 Å². The second kappa shape index (κ2) is 8.60. The van der Waals surface area contributed by atoms with E-state index in [1.807, 2.05) is 48.5 Å². The molecule has 3 fully saturated rings. The van der Waals surface area contributed by atoms with Gasteiger partial charge in [0.05, 0.1) is 39.8 Å². The Morgan fingerprint density at radius 3 is 1.84 bits per heavy atom. The molecule has 2 heterocycles. The summed E-state index contributed by atoms with van der Waals surface area (Å²) in [6.45, 7) is 0. The highest BCUT2D eigenvalue weighted by Gasteiger charge is 2.68. The van der Waals surface area contributed by atoms with Crippen LogP contribution in [0.25, 0.3) is 0 Å². The van der Waals surface area contributed by atoms with Crippen LogP contribution in [0.4, 0.5) is 5.69 Å². The minimum atomic E-state index is -1.18. The number of hydrogen-bond donors (Lipinski definition) is 0. The fraction of sp³-hybridized carbons (Fsp3) is 0.286. The molecule has 11 rings (SSSR count). The number of para-hydroxylation sites is 1. The van der Waals surface area contributed by atoms with Crippen molar-refractivity contribution in [1.82, 2.24) is 5.01 Å². The van der Waals surface area contributed by atoms with Gasteiger partial charge in [0.15, 0.2) is 0 Å². The van der Waals surface area contributed by atoms with Gasteiger partial charge in [0.1, 0.15) is 0 Å². The van der Waals surface area contributed by atoms with Crippen molar-refractivity contribution < 1.29 is 19.2 Å². The van der Waals surface area contributed by atoms with Gasteiger partial charge in [-0.05, 0) is 59.1 Å². The van der Waals surface area contributed by atoms with Gasteiger partial charge in [-0.15, -0.1) is 0 Å². The largest absolute Gasteiger partial charge is 0.274 e. The van der Waals surface area contributed by atoms with Crippen LogP contribution in [-0.4, -0.2) is 34.9 Å². The van der Waals surface area contributed by atoms with E-state index in [-0.39, 0.29) is 41.4 Å². The summed E-state index contributed by atoms with van der Waals surface area (Å²) in [6, 6.07) is 22.6. The van der Waals surface area contributed by atoms with E-state index >= 15 is 0 Å². The molecule has 0 unspecified atom stereocenters. The normalized spacial score (nSPS) is 34.7. The van der Waals surface area contributed by atoms with Crippen LogP contribution in [0, 0.1) is 35.5 Å². The van der Waals surface area contributed by atoms with Gasteiger partial charge in [-0.3, -0.25) is 19.2 Å². The molecular weight excluding hydrogens is 562 g/mol. The lowest BCUT2D eigenvalue weighted by molar-refractivity contribution is -0.140.